The highest BCUT2D eigenvalue weighted by molar-refractivity contribution is 6.05. The molecule has 1 unspecified atom stereocenters. The number of fused-ring (bicyclic) bond motifs is 2. The van der Waals surface area contributed by atoms with Gasteiger partial charge < -0.3 is 18.9 Å². The average molecular weight is 352 g/mol. The van der Waals surface area contributed by atoms with Gasteiger partial charge >= 0.3 is 11.9 Å². The van der Waals surface area contributed by atoms with Crippen LogP contribution in [0.5, 0.6) is 0 Å². The van der Waals surface area contributed by atoms with Crippen LogP contribution >= 0.6 is 0 Å². The summed E-state index contributed by atoms with van der Waals surface area (Å²) in [7, 11) is 1.38. The maximum atomic E-state index is 12.9. The molecule has 0 saturated carbocycles. The van der Waals surface area contributed by atoms with Gasteiger partial charge in [0.05, 0.1) is 13.2 Å². The highest BCUT2D eigenvalue weighted by Gasteiger charge is 2.60. The second-order valence-corrected chi connectivity index (χ2v) is 6.17. The molecule has 0 N–H and O–H groups in total. The highest BCUT2D eigenvalue weighted by Crippen LogP contribution is 2.46. The number of rotatable bonds is 7. The molecule has 7 heteroatoms. The van der Waals surface area contributed by atoms with Crippen molar-refractivity contribution in [3.63, 3.8) is 0 Å². The predicted octanol–water partition coefficient (Wildman–Crippen LogP) is 1.56. The SMILES string of the molecule is C=CCCOC(=O)C1C[C@H](C(=O)OCC)[C@@]2(OC)C=C[C@](C)(O2)C1=O. The number of esters is 2. The van der Waals surface area contributed by atoms with Gasteiger partial charge in [0.25, 0.3) is 0 Å². The minimum absolute atomic E-state index is 0.0988. The maximum absolute atomic E-state index is 12.9. The monoisotopic (exact) mass is 352 g/mol. The Morgan fingerprint density at radius 2 is 2.08 bits per heavy atom. The third kappa shape index (κ3) is 3.52. The summed E-state index contributed by atoms with van der Waals surface area (Å²) in [5, 5.41) is 0. The number of carbonyl (C=O) groups is 3. The molecule has 1 saturated heterocycles. The number of hydrogen-bond acceptors (Lipinski definition) is 7. The lowest BCUT2D eigenvalue weighted by Gasteiger charge is -2.33. The highest BCUT2D eigenvalue weighted by atomic mass is 16.7. The second-order valence-electron chi connectivity index (χ2n) is 6.17. The van der Waals surface area contributed by atoms with Crippen LogP contribution in [0.4, 0.5) is 0 Å². The van der Waals surface area contributed by atoms with Gasteiger partial charge in [-0.1, -0.05) is 6.08 Å². The first-order valence-corrected chi connectivity index (χ1v) is 8.27. The topological polar surface area (TPSA) is 88.1 Å². The van der Waals surface area contributed by atoms with Crippen molar-refractivity contribution in [3.8, 4) is 0 Å². The fourth-order valence-corrected chi connectivity index (χ4v) is 3.15. The van der Waals surface area contributed by atoms with Gasteiger partial charge in [-0.2, -0.15) is 0 Å². The third-order valence-corrected chi connectivity index (χ3v) is 4.51. The lowest BCUT2D eigenvalue weighted by Crippen LogP contribution is -2.46. The van der Waals surface area contributed by atoms with Crippen LogP contribution in [0.1, 0.15) is 26.7 Å². The van der Waals surface area contributed by atoms with Crippen LogP contribution in [0, 0.1) is 11.8 Å². The first-order valence-electron chi connectivity index (χ1n) is 8.27. The van der Waals surface area contributed by atoms with Crippen LogP contribution in [0.2, 0.25) is 0 Å². The summed E-state index contributed by atoms with van der Waals surface area (Å²) in [6, 6.07) is 0. The molecule has 0 aromatic heterocycles. The number of ether oxygens (including phenoxy) is 4. The van der Waals surface area contributed by atoms with Gasteiger partial charge in [-0.25, -0.2) is 0 Å². The Bertz CT molecular complexity index is 596. The summed E-state index contributed by atoms with van der Waals surface area (Å²) in [5.74, 6) is -5.26. The quantitative estimate of drug-likeness (QED) is 0.297. The van der Waals surface area contributed by atoms with Crippen molar-refractivity contribution >= 4 is 17.7 Å². The molecule has 0 spiro atoms. The van der Waals surface area contributed by atoms with E-state index in [1.54, 1.807) is 26.0 Å². The summed E-state index contributed by atoms with van der Waals surface area (Å²) in [4.78, 5) is 37.8. The van der Waals surface area contributed by atoms with Gasteiger partial charge in [-0.05, 0) is 38.8 Å². The zero-order valence-electron chi connectivity index (χ0n) is 14.8. The molecule has 138 valence electrons. The van der Waals surface area contributed by atoms with E-state index in [1.165, 1.54) is 13.2 Å². The fourth-order valence-electron chi connectivity index (χ4n) is 3.15. The minimum atomic E-state index is -1.44. The molecule has 7 nitrogen and oxygen atoms in total. The zero-order chi connectivity index (χ0) is 18.7. The molecule has 1 fully saturated rings. The van der Waals surface area contributed by atoms with Gasteiger partial charge in [0.2, 0.25) is 5.79 Å². The van der Waals surface area contributed by atoms with Crippen molar-refractivity contribution in [1.82, 2.24) is 0 Å². The maximum Gasteiger partial charge on any atom is 0.316 e. The first-order chi connectivity index (χ1) is 11.8. The Kier molecular flexibility index (Phi) is 5.80. The Hall–Kier alpha value is -1.99. The average Bonchev–Trinajstić information content (AvgIpc) is 2.90. The molecule has 0 radical (unpaired) electrons. The van der Waals surface area contributed by atoms with E-state index < -0.39 is 40.9 Å². The smallest absolute Gasteiger partial charge is 0.316 e. The number of Topliss-reactive ketones (excluding diaryl/α,β-unsaturated/α-hetero) is 1. The number of hydrogen-bond donors (Lipinski definition) is 0. The molecule has 0 aromatic rings. The number of ketones is 1. The van der Waals surface area contributed by atoms with Crippen LogP contribution < -0.4 is 0 Å². The summed E-state index contributed by atoms with van der Waals surface area (Å²) in [6.45, 7) is 7.06. The van der Waals surface area contributed by atoms with Crippen molar-refractivity contribution in [2.75, 3.05) is 20.3 Å². The zero-order valence-corrected chi connectivity index (χ0v) is 14.8. The largest absolute Gasteiger partial charge is 0.466 e. The van der Waals surface area contributed by atoms with E-state index in [-0.39, 0.29) is 19.6 Å². The molecule has 2 rings (SSSR count). The van der Waals surface area contributed by atoms with Crippen molar-refractivity contribution < 1.29 is 33.3 Å². The lowest BCUT2D eigenvalue weighted by atomic mass is 9.81. The Balaban J connectivity index is 2.35. The van der Waals surface area contributed by atoms with E-state index in [9.17, 15) is 14.4 Å². The summed E-state index contributed by atoms with van der Waals surface area (Å²) >= 11 is 0. The standard InChI is InChI=1S/C18H24O7/c1-5-7-10-24-15(20)12-11-13(16(21)23-6-2)18(22-4)9-8-17(3,25-18)14(12)19/h5,8-9,12-13H,1,6-7,10-11H2,2-4H3/t12?,13-,17+,18-/m1/s1. The molecule has 0 aromatic carbocycles. The van der Waals surface area contributed by atoms with Crippen molar-refractivity contribution in [3.05, 3.63) is 24.8 Å². The van der Waals surface area contributed by atoms with Gasteiger partial charge in [-0.15, -0.1) is 6.58 Å². The molecular formula is C18H24O7. The number of carbonyl (C=O) groups excluding carboxylic acids is 3. The van der Waals surface area contributed by atoms with E-state index in [1.807, 2.05) is 0 Å². The third-order valence-electron chi connectivity index (χ3n) is 4.51. The van der Waals surface area contributed by atoms with E-state index in [4.69, 9.17) is 18.9 Å². The van der Waals surface area contributed by atoms with Crippen LogP contribution in [-0.4, -0.2) is 49.4 Å². The van der Waals surface area contributed by atoms with E-state index in [0.29, 0.717) is 6.42 Å². The van der Waals surface area contributed by atoms with Crippen LogP contribution in [0.3, 0.4) is 0 Å². The van der Waals surface area contributed by atoms with Crippen molar-refractivity contribution in [2.45, 2.75) is 38.1 Å². The van der Waals surface area contributed by atoms with Gasteiger partial charge in [0.1, 0.15) is 17.4 Å². The number of methoxy groups -OCH3 is 1. The fraction of sp³-hybridized carbons (Fsp3) is 0.611. The van der Waals surface area contributed by atoms with Crippen LogP contribution in [0.15, 0.2) is 24.8 Å². The molecule has 25 heavy (non-hydrogen) atoms. The predicted molar refractivity (Wildman–Crippen MR) is 87.4 cm³/mol. The summed E-state index contributed by atoms with van der Waals surface area (Å²) in [5.41, 5.74) is -1.36. The Labute approximate surface area is 146 Å². The van der Waals surface area contributed by atoms with Gasteiger partial charge in [-0.3, -0.25) is 14.4 Å². The first kappa shape index (κ1) is 19.3. The molecule has 0 amide bonds. The summed E-state index contributed by atoms with van der Waals surface area (Å²) in [6.07, 6.45) is 5.06. The minimum Gasteiger partial charge on any atom is -0.466 e. The molecule has 2 bridgehead atoms. The Morgan fingerprint density at radius 1 is 1.36 bits per heavy atom. The molecule has 2 aliphatic heterocycles. The molecule has 2 aliphatic rings. The normalized spacial score (nSPS) is 33.6. The van der Waals surface area contributed by atoms with E-state index in [0.717, 1.165) is 0 Å². The van der Waals surface area contributed by atoms with Gasteiger partial charge in [0, 0.05) is 7.11 Å². The molecular weight excluding hydrogens is 328 g/mol. The summed E-state index contributed by atoms with van der Waals surface area (Å²) < 4.78 is 21.5. The van der Waals surface area contributed by atoms with Crippen molar-refractivity contribution in [1.29, 1.82) is 0 Å². The van der Waals surface area contributed by atoms with Gasteiger partial charge in [0.15, 0.2) is 5.78 Å². The van der Waals surface area contributed by atoms with Crippen LogP contribution in [0.25, 0.3) is 0 Å². The lowest BCUT2D eigenvalue weighted by molar-refractivity contribution is -0.240. The molecule has 4 atom stereocenters. The van der Waals surface area contributed by atoms with E-state index >= 15 is 0 Å². The molecule has 2 heterocycles. The van der Waals surface area contributed by atoms with E-state index in [2.05, 4.69) is 6.58 Å². The second kappa shape index (κ2) is 7.49. The Morgan fingerprint density at radius 3 is 2.68 bits per heavy atom. The van der Waals surface area contributed by atoms with Crippen molar-refractivity contribution in [2.24, 2.45) is 11.8 Å². The molecule has 0 aliphatic carbocycles. The van der Waals surface area contributed by atoms with Crippen LogP contribution in [-0.2, 0) is 33.3 Å².